The topological polar surface area (TPSA) is 106 Å². The summed E-state index contributed by atoms with van der Waals surface area (Å²) in [5.41, 5.74) is 1.72. The summed E-state index contributed by atoms with van der Waals surface area (Å²) in [5, 5.41) is 13.8. The van der Waals surface area contributed by atoms with E-state index in [1.165, 1.54) is 26.6 Å². The number of carbonyl (C=O) groups is 1. The highest BCUT2D eigenvalue weighted by Gasteiger charge is 2.40. The number of alkyl halides is 3. The second-order valence-corrected chi connectivity index (χ2v) is 8.89. The molecule has 11 heteroatoms. The van der Waals surface area contributed by atoms with Gasteiger partial charge in [0.2, 0.25) is 0 Å². The van der Waals surface area contributed by atoms with Crippen LogP contribution in [0.5, 0.6) is 5.75 Å². The fraction of sp³-hybridized carbons (Fsp3) is 0.308. The molecule has 4 rings (SSSR count). The van der Waals surface area contributed by atoms with Gasteiger partial charge in [0.15, 0.2) is 12.0 Å². The van der Waals surface area contributed by atoms with Gasteiger partial charge in [-0.25, -0.2) is 9.97 Å². The Morgan fingerprint density at radius 3 is 2.49 bits per heavy atom. The van der Waals surface area contributed by atoms with Crippen LogP contribution in [0.15, 0.2) is 43.0 Å². The lowest BCUT2D eigenvalue weighted by atomic mass is 9.91. The molecule has 2 N–H and O–H groups in total. The van der Waals surface area contributed by atoms with Crippen LogP contribution in [0.3, 0.4) is 0 Å². The average Bonchev–Trinajstić information content (AvgIpc) is 3.45. The number of aromatic amines is 1. The third kappa shape index (κ3) is 4.86. The molecule has 0 aliphatic carbocycles. The summed E-state index contributed by atoms with van der Waals surface area (Å²) in [6.07, 6.45) is -1.20. The summed E-state index contributed by atoms with van der Waals surface area (Å²) in [6, 6.07) is 6.63. The van der Waals surface area contributed by atoms with Gasteiger partial charge in [-0.1, -0.05) is 26.0 Å². The SMILES string of the molecule is COc1c(C=O)cccc1-c1c(C(C)C)[nH]c(-c2cnn(CC(C)O)c2C(F)(F)F)c1-c1ccncn1. The number of benzene rings is 1. The Bertz CT molecular complexity index is 1410. The average molecular weight is 514 g/mol. The lowest BCUT2D eigenvalue weighted by Crippen LogP contribution is -2.21. The molecule has 194 valence electrons. The predicted molar refractivity (Wildman–Crippen MR) is 131 cm³/mol. The van der Waals surface area contributed by atoms with Crippen molar-refractivity contribution in [1.82, 2.24) is 24.7 Å². The Hall–Kier alpha value is -3.99. The number of aliphatic hydroxyl groups is 1. The summed E-state index contributed by atoms with van der Waals surface area (Å²) in [7, 11) is 1.43. The number of nitrogens with one attached hydrogen (secondary N) is 1. The first-order chi connectivity index (χ1) is 17.6. The molecule has 0 aliphatic rings. The number of methoxy groups -OCH3 is 1. The number of carbonyl (C=O) groups excluding carboxylic acids is 1. The molecule has 1 atom stereocenters. The van der Waals surface area contributed by atoms with Gasteiger partial charge in [0.05, 0.1) is 42.9 Å². The van der Waals surface area contributed by atoms with E-state index in [4.69, 9.17) is 4.74 Å². The maximum Gasteiger partial charge on any atom is 0.433 e. The van der Waals surface area contributed by atoms with Gasteiger partial charge in [0.1, 0.15) is 12.1 Å². The van der Waals surface area contributed by atoms with Crippen molar-refractivity contribution >= 4 is 6.29 Å². The Morgan fingerprint density at radius 1 is 1.16 bits per heavy atom. The largest absolute Gasteiger partial charge is 0.495 e. The molecule has 3 heterocycles. The maximum atomic E-state index is 14.4. The van der Waals surface area contributed by atoms with Gasteiger partial charge >= 0.3 is 6.18 Å². The second-order valence-electron chi connectivity index (χ2n) is 8.89. The van der Waals surface area contributed by atoms with Crippen molar-refractivity contribution < 1.29 is 27.8 Å². The van der Waals surface area contributed by atoms with Gasteiger partial charge in [-0.05, 0) is 25.0 Å². The molecule has 0 aliphatic heterocycles. The van der Waals surface area contributed by atoms with Crippen molar-refractivity contribution in [3.63, 3.8) is 0 Å². The van der Waals surface area contributed by atoms with E-state index < -0.39 is 18.0 Å². The van der Waals surface area contributed by atoms with Gasteiger partial charge in [0, 0.05) is 34.1 Å². The van der Waals surface area contributed by atoms with E-state index in [2.05, 4.69) is 20.1 Å². The third-order valence-corrected chi connectivity index (χ3v) is 5.90. The zero-order valence-electron chi connectivity index (χ0n) is 20.7. The smallest absolute Gasteiger partial charge is 0.433 e. The van der Waals surface area contributed by atoms with Crippen molar-refractivity contribution in [2.45, 2.75) is 45.5 Å². The Morgan fingerprint density at radius 2 is 1.92 bits per heavy atom. The molecule has 8 nitrogen and oxygen atoms in total. The summed E-state index contributed by atoms with van der Waals surface area (Å²) in [4.78, 5) is 23.3. The molecular formula is C26H26F3N5O3. The minimum Gasteiger partial charge on any atom is -0.495 e. The molecule has 0 amide bonds. The van der Waals surface area contributed by atoms with Crippen LogP contribution < -0.4 is 4.74 Å². The van der Waals surface area contributed by atoms with E-state index >= 15 is 0 Å². The summed E-state index contributed by atoms with van der Waals surface area (Å²) in [6.45, 7) is 4.86. The number of nitrogens with zero attached hydrogens (tertiary/aromatic N) is 4. The van der Waals surface area contributed by atoms with Gasteiger partial charge in [0.25, 0.3) is 0 Å². The number of ether oxygens (including phenoxy) is 1. The van der Waals surface area contributed by atoms with Crippen LogP contribution in [0.25, 0.3) is 33.6 Å². The van der Waals surface area contributed by atoms with E-state index in [0.29, 0.717) is 45.7 Å². The molecule has 0 bridgehead atoms. The van der Waals surface area contributed by atoms with Crippen LogP contribution in [-0.2, 0) is 12.7 Å². The lowest BCUT2D eigenvalue weighted by molar-refractivity contribution is -0.144. The maximum absolute atomic E-state index is 14.4. The molecule has 0 saturated carbocycles. The Labute approximate surface area is 211 Å². The monoisotopic (exact) mass is 513 g/mol. The van der Waals surface area contributed by atoms with Crippen molar-refractivity contribution in [2.75, 3.05) is 7.11 Å². The number of hydrogen-bond donors (Lipinski definition) is 2. The third-order valence-electron chi connectivity index (χ3n) is 5.90. The van der Waals surface area contributed by atoms with E-state index in [1.54, 1.807) is 24.3 Å². The number of aliphatic hydroxyl groups excluding tert-OH is 1. The number of halogens is 3. The van der Waals surface area contributed by atoms with E-state index in [-0.39, 0.29) is 23.7 Å². The van der Waals surface area contributed by atoms with Crippen LogP contribution in [0.1, 0.15) is 48.4 Å². The fourth-order valence-electron chi connectivity index (χ4n) is 4.46. The molecule has 0 saturated heterocycles. The molecule has 4 aromatic rings. The first kappa shape index (κ1) is 26.1. The molecule has 1 aromatic carbocycles. The first-order valence-electron chi connectivity index (χ1n) is 11.5. The van der Waals surface area contributed by atoms with Crippen LogP contribution in [0.4, 0.5) is 13.2 Å². The van der Waals surface area contributed by atoms with Crippen molar-refractivity contribution in [3.8, 4) is 39.4 Å². The number of para-hydroxylation sites is 1. The highest BCUT2D eigenvalue weighted by molar-refractivity contribution is 5.98. The molecule has 1 unspecified atom stereocenters. The Balaban J connectivity index is 2.15. The summed E-state index contributed by atoms with van der Waals surface area (Å²) >= 11 is 0. The Kier molecular flexibility index (Phi) is 7.17. The number of H-pyrrole nitrogens is 1. The van der Waals surface area contributed by atoms with E-state index in [0.717, 1.165) is 10.9 Å². The highest BCUT2D eigenvalue weighted by atomic mass is 19.4. The lowest BCUT2D eigenvalue weighted by Gasteiger charge is -2.16. The minimum atomic E-state index is -4.76. The quantitative estimate of drug-likeness (QED) is 0.308. The summed E-state index contributed by atoms with van der Waals surface area (Å²) in [5.74, 6) is 0.136. The van der Waals surface area contributed by atoms with Crippen LogP contribution in [0.2, 0.25) is 0 Å². The molecular weight excluding hydrogens is 487 g/mol. The van der Waals surface area contributed by atoms with Crippen molar-refractivity contribution in [2.24, 2.45) is 0 Å². The van der Waals surface area contributed by atoms with E-state index in [1.807, 2.05) is 13.8 Å². The van der Waals surface area contributed by atoms with Crippen molar-refractivity contribution in [1.29, 1.82) is 0 Å². The zero-order chi connectivity index (χ0) is 26.9. The fourth-order valence-corrected chi connectivity index (χ4v) is 4.46. The predicted octanol–water partition coefficient (Wildman–Crippen LogP) is 5.35. The highest BCUT2D eigenvalue weighted by Crippen LogP contribution is 2.49. The van der Waals surface area contributed by atoms with Crippen LogP contribution in [0, 0.1) is 0 Å². The number of aromatic nitrogens is 5. The van der Waals surface area contributed by atoms with Gasteiger partial charge < -0.3 is 14.8 Å². The number of aldehydes is 1. The number of rotatable bonds is 8. The van der Waals surface area contributed by atoms with Gasteiger partial charge in [-0.2, -0.15) is 18.3 Å². The van der Waals surface area contributed by atoms with Gasteiger partial charge in [-0.3, -0.25) is 9.48 Å². The second kappa shape index (κ2) is 10.2. The van der Waals surface area contributed by atoms with Crippen LogP contribution >= 0.6 is 0 Å². The molecule has 37 heavy (non-hydrogen) atoms. The minimum absolute atomic E-state index is 0.153. The zero-order valence-corrected chi connectivity index (χ0v) is 20.7. The number of hydrogen-bond acceptors (Lipinski definition) is 6. The van der Waals surface area contributed by atoms with Crippen LogP contribution in [-0.4, -0.2) is 49.3 Å². The van der Waals surface area contributed by atoms with Crippen molar-refractivity contribution in [3.05, 3.63) is 59.9 Å². The molecule has 0 spiro atoms. The van der Waals surface area contributed by atoms with Gasteiger partial charge in [-0.15, -0.1) is 0 Å². The van der Waals surface area contributed by atoms with E-state index in [9.17, 15) is 23.1 Å². The standard InChI is InChI=1S/C26H26F3N5O3/c1-14(2)22-20(17-7-5-6-16(12-35)24(17)37-4)21(19-8-9-30-13-31-19)23(33-22)18-10-32-34(11-15(3)36)25(18)26(27,28)29/h5-10,12-15,33,36H,11H2,1-4H3. The molecule has 3 aromatic heterocycles. The molecule has 0 radical (unpaired) electrons. The normalized spacial score (nSPS) is 12.7. The summed E-state index contributed by atoms with van der Waals surface area (Å²) < 4.78 is 49.5. The molecule has 0 fully saturated rings. The first-order valence-corrected chi connectivity index (χ1v) is 11.5.